The first kappa shape index (κ1) is 15.1. The highest BCUT2D eigenvalue weighted by molar-refractivity contribution is 5.85. The maximum absolute atomic E-state index is 5.80. The second-order valence-corrected chi connectivity index (χ2v) is 4.53. The molecule has 1 aromatic rings. The Bertz CT molecular complexity index is 362. The zero-order chi connectivity index (χ0) is 12.1. The molecule has 4 nitrogen and oxygen atoms in total. The van der Waals surface area contributed by atoms with Gasteiger partial charge in [-0.15, -0.1) is 12.4 Å². The molecular formula is C13H22ClN3O. The molecule has 1 fully saturated rings. The van der Waals surface area contributed by atoms with Crippen LogP contribution in [0.1, 0.15) is 19.8 Å². The van der Waals surface area contributed by atoms with Crippen molar-refractivity contribution in [3.05, 3.63) is 18.5 Å². The molecule has 102 valence electrons. The molecule has 1 atom stereocenters. The van der Waals surface area contributed by atoms with Crippen molar-refractivity contribution in [1.29, 1.82) is 0 Å². The molecule has 5 heteroatoms. The predicted octanol–water partition coefficient (Wildman–Crippen LogP) is 2.41. The lowest BCUT2D eigenvalue weighted by Gasteiger charge is -2.19. The number of rotatable bonds is 5. The van der Waals surface area contributed by atoms with Gasteiger partial charge >= 0.3 is 0 Å². The molecule has 0 amide bonds. The minimum absolute atomic E-state index is 0. The fourth-order valence-corrected chi connectivity index (χ4v) is 2.18. The van der Waals surface area contributed by atoms with Crippen LogP contribution in [0.5, 0.6) is 5.75 Å². The molecule has 0 aromatic carbocycles. The number of hydrogen-bond donors (Lipinski definition) is 1. The zero-order valence-corrected chi connectivity index (χ0v) is 11.9. The van der Waals surface area contributed by atoms with Crippen LogP contribution in [0.25, 0.3) is 0 Å². The molecule has 1 N–H and O–H groups in total. The molecule has 2 heterocycles. The quantitative estimate of drug-likeness (QED) is 0.892. The van der Waals surface area contributed by atoms with Crippen molar-refractivity contribution in [2.45, 2.75) is 25.8 Å². The number of halogens is 1. The topological polar surface area (TPSA) is 37.4 Å². The first-order chi connectivity index (χ1) is 8.29. The van der Waals surface area contributed by atoms with E-state index in [9.17, 15) is 0 Å². The van der Waals surface area contributed by atoms with Gasteiger partial charge in [0.15, 0.2) is 0 Å². The standard InChI is InChI=1S/C13H21N3O.ClH/c1-3-15-11-7-13(9-14-8-11)17-10-12-5-4-6-16(12)2;/h7-9,12,15H,3-6,10H2,1-2H3;1H/t12-;/m0./s1. The van der Waals surface area contributed by atoms with Gasteiger partial charge in [-0.25, -0.2) is 0 Å². The molecule has 1 aliphatic rings. The fraction of sp³-hybridized carbons (Fsp3) is 0.615. The summed E-state index contributed by atoms with van der Waals surface area (Å²) in [6, 6.07) is 2.56. The van der Waals surface area contributed by atoms with Crippen molar-refractivity contribution in [3.8, 4) is 5.75 Å². The van der Waals surface area contributed by atoms with Gasteiger partial charge < -0.3 is 15.0 Å². The van der Waals surface area contributed by atoms with E-state index in [4.69, 9.17) is 4.74 Å². The summed E-state index contributed by atoms with van der Waals surface area (Å²) in [7, 11) is 2.16. The van der Waals surface area contributed by atoms with Gasteiger partial charge in [-0.3, -0.25) is 4.98 Å². The van der Waals surface area contributed by atoms with Crippen LogP contribution in [-0.2, 0) is 0 Å². The van der Waals surface area contributed by atoms with Crippen LogP contribution in [0.3, 0.4) is 0 Å². The molecule has 0 saturated carbocycles. The number of ether oxygens (including phenoxy) is 1. The van der Waals surface area contributed by atoms with Crippen molar-refractivity contribution < 1.29 is 4.74 Å². The van der Waals surface area contributed by atoms with Gasteiger partial charge in [-0.1, -0.05) is 0 Å². The predicted molar refractivity (Wildman–Crippen MR) is 76.8 cm³/mol. The summed E-state index contributed by atoms with van der Waals surface area (Å²) in [6.45, 7) is 4.91. The van der Waals surface area contributed by atoms with Crippen LogP contribution < -0.4 is 10.1 Å². The Labute approximate surface area is 115 Å². The molecule has 2 rings (SSSR count). The Morgan fingerprint density at radius 2 is 2.33 bits per heavy atom. The Morgan fingerprint density at radius 3 is 3.00 bits per heavy atom. The number of anilines is 1. The van der Waals surface area contributed by atoms with Crippen LogP contribution in [0, 0.1) is 0 Å². The summed E-state index contributed by atoms with van der Waals surface area (Å²) in [4.78, 5) is 6.53. The number of hydrogen-bond acceptors (Lipinski definition) is 4. The Hall–Kier alpha value is -1.00. The lowest BCUT2D eigenvalue weighted by atomic mass is 10.2. The molecule has 1 aliphatic heterocycles. The van der Waals surface area contributed by atoms with Crippen molar-refractivity contribution >= 4 is 18.1 Å². The van der Waals surface area contributed by atoms with Gasteiger partial charge in [0.2, 0.25) is 0 Å². The summed E-state index contributed by atoms with van der Waals surface area (Å²) >= 11 is 0. The molecule has 0 aliphatic carbocycles. The minimum Gasteiger partial charge on any atom is -0.490 e. The van der Waals surface area contributed by atoms with Crippen molar-refractivity contribution in [1.82, 2.24) is 9.88 Å². The van der Waals surface area contributed by atoms with Gasteiger partial charge in [-0.05, 0) is 33.4 Å². The summed E-state index contributed by atoms with van der Waals surface area (Å²) < 4.78 is 5.80. The highest BCUT2D eigenvalue weighted by Crippen LogP contribution is 2.19. The molecule has 0 spiro atoms. The van der Waals surface area contributed by atoms with E-state index in [0.29, 0.717) is 6.04 Å². The number of nitrogens with zero attached hydrogens (tertiary/aromatic N) is 2. The maximum Gasteiger partial charge on any atom is 0.139 e. The summed E-state index contributed by atoms with van der Waals surface area (Å²) in [5.41, 5.74) is 1.02. The molecule has 0 bridgehead atoms. The first-order valence-electron chi connectivity index (χ1n) is 6.31. The second-order valence-electron chi connectivity index (χ2n) is 4.53. The lowest BCUT2D eigenvalue weighted by Crippen LogP contribution is -2.30. The molecule has 0 radical (unpaired) electrons. The molecule has 1 aromatic heterocycles. The van der Waals surface area contributed by atoms with Crippen LogP contribution in [-0.4, -0.2) is 42.7 Å². The highest BCUT2D eigenvalue weighted by atomic mass is 35.5. The maximum atomic E-state index is 5.80. The second kappa shape index (κ2) is 7.44. The van der Waals surface area contributed by atoms with Gasteiger partial charge in [0.05, 0.1) is 18.1 Å². The van der Waals surface area contributed by atoms with E-state index >= 15 is 0 Å². The number of likely N-dealkylation sites (N-methyl/N-ethyl adjacent to an activating group) is 1. The Kier molecular flexibility index (Phi) is 6.22. The molecule has 0 unspecified atom stereocenters. The van der Waals surface area contributed by atoms with Crippen molar-refractivity contribution in [2.75, 3.05) is 32.1 Å². The van der Waals surface area contributed by atoms with E-state index in [1.165, 1.54) is 19.4 Å². The van der Waals surface area contributed by atoms with E-state index in [0.717, 1.165) is 24.6 Å². The van der Waals surface area contributed by atoms with Gasteiger partial charge in [0.25, 0.3) is 0 Å². The average molecular weight is 272 g/mol. The average Bonchev–Trinajstić information content (AvgIpc) is 2.73. The number of likely N-dealkylation sites (tertiary alicyclic amines) is 1. The fourth-order valence-electron chi connectivity index (χ4n) is 2.18. The number of pyridine rings is 1. The monoisotopic (exact) mass is 271 g/mol. The number of aromatic nitrogens is 1. The van der Waals surface area contributed by atoms with Gasteiger partial charge in [0.1, 0.15) is 12.4 Å². The van der Waals surface area contributed by atoms with Gasteiger partial charge in [0, 0.05) is 18.7 Å². The molecule has 18 heavy (non-hydrogen) atoms. The van der Waals surface area contributed by atoms with Crippen LogP contribution in [0.2, 0.25) is 0 Å². The zero-order valence-electron chi connectivity index (χ0n) is 11.1. The molecule has 1 saturated heterocycles. The smallest absolute Gasteiger partial charge is 0.139 e. The van der Waals surface area contributed by atoms with E-state index in [-0.39, 0.29) is 12.4 Å². The van der Waals surface area contributed by atoms with Crippen LogP contribution >= 0.6 is 12.4 Å². The molecular weight excluding hydrogens is 250 g/mol. The SMILES string of the molecule is CCNc1cncc(OC[C@@H]2CCCN2C)c1.Cl. The summed E-state index contributed by atoms with van der Waals surface area (Å²) in [5, 5.41) is 3.23. The number of nitrogens with one attached hydrogen (secondary N) is 1. The van der Waals surface area contributed by atoms with E-state index in [2.05, 4.69) is 29.2 Å². The Balaban J connectivity index is 0.00000162. The van der Waals surface area contributed by atoms with E-state index in [1.807, 2.05) is 12.3 Å². The van der Waals surface area contributed by atoms with Crippen molar-refractivity contribution in [3.63, 3.8) is 0 Å². The van der Waals surface area contributed by atoms with E-state index in [1.54, 1.807) is 6.20 Å². The third-order valence-corrected chi connectivity index (χ3v) is 3.21. The first-order valence-corrected chi connectivity index (χ1v) is 6.31. The van der Waals surface area contributed by atoms with Crippen LogP contribution in [0.4, 0.5) is 5.69 Å². The Morgan fingerprint density at radius 1 is 1.50 bits per heavy atom. The third-order valence-electron chi connectivity index (χ3n) is 3.21. The van der Waals surface area contributed by atoms with E-state index < -0.39 is 0 Å². The highest BCUT2D eigenvalue weighted by Gasteiger charge is 2.21. The summed E-state index contributed by atoms with van der Waals surface area (Å²) in [5.74, 6) is 0.851. The van der Waals surface area contributed by atoms with Crippen LogP contribution in [0.15, 0.2) is 18.5 Å². The van der Waals surface area contributed by atoms with Crippen molar-refractivity contribution in [2.24, 2.45) is 0 Å². The third kappa shape index (κ3) is 4.03. The minimum atomic E-state index is 0. The largest absolute Gasteiger partial charge is 0.490 e. The normalized spacial score (nSPS) is 19.3. The lowest BCUT2D eigenvalue weighted by molar-refractivity contribution is 0.198. The van der Waals surface area contributed by atoms with Gasteiger partial charge in [-0.2, -0.15) is 0 Å². The summed E-state index contributed by atoms with van der Waals surface area (Å²) in [6.07, 6.45) is 6.10.